The van der Waals surface area contributed by atoms with Gasteiger partial charge in [-0.2, -0.15) is 13.2 Å². The molecule has 1 saturated carbocycles. The van der Waals surface area contributed by atoms with Gasteiger partial charge in [-0.25, -0.2) is 4.79 Å². The molecule has 0 aromatic heterocycles. The van der Waals surface area contributed by atoms with E-state index in [1.54, 1.807) is 13.8 Å². The van der Waals surface area contributed by atoms with Gasteiger partial charge in [-0.15, -0.1) is 0 Å². The summed E-state index contributed by atoms with van der Waals surface area (Å²) in [5.74, 6) is -0.428. The van der Waals surface area contributed by atoms with E-state index >= 15 is 0 Å². The van der Waals surface area contributed by atoms with E-state index < -0.39 is 24.1 Å². The quantitative estimate of drug-likeness (QED) is 0.524. The van der Waals surface area contributed by atoms with Crippen LogP contribution in [0, 0.1) is 0 Å². The first kappa shape index (κ1) is 17.2. The van der Waals surface area contributed by atoms with Crippen molar-refractivity contribution in [2.24, 2.45) is 0 Å². The number of carbonyl (C=O) groups is 1. The molecule has 1 N–H and O–H groups in total. The lowest BCUT2D eigenvalue weighted by Gasteiger charge is -2.28. The molecule has 1 unspecified atom stereocenters. The molecule has 118 valence electrons. The van der Waals surface area contributed by atoms with E-state index in [1.165, 1.54) is 0 Å². The first-order valence-electron chi connectivity index (χ1n) is 6.86. The summed E-state index contributed by atoms with van der Waals surface area (Å²) in [5, 5.41) is 3.14. The Morgan fingerprint density at radius 1 is 1.35 bits per heavy atom. The molecule has 20 heavy (non-hydrogen) atoms. The second-order valence-corrected chi connectivity index (χ2v) is 5.24. The molecule has 4 nitrogen and oxygen atoms in total. The van der Waals surface area contributed by atoms with Crippen LogP contribution in [0.3, 0.4) is 0 Å². The van der Waals surface area contributed by atoms with Gasteiger partial charge in [-0.1, -0.05) is 0 Å². The molecule has 1 aliphatic carbocycles. The molecule has 0 saturated heterocycles. The number of nitrogens with one attached hydrogen (secondary N) is 1. The van der Waals surface area contributed by atoms with Gasteiger partial charge in [-0.3, -0.25) is 5.32 Å². The molecule has 1 aliphatic rings. The van der Waals surface area contributed by atoms with Crippen molar-refractivity contribution in [2.45, 2.75) is 57.3 Å². The molecule has 0 amide bonds. The average molecular weight is 297 g/mol. The number of ether oxygens (including phenoxy) is 2. The fourth-order valence-corrected chi connectivity index (χ4v) is 1.78. The van der Waals surface area contributed by atoms with Gasteiger partial charge in [0.05, 0.1) is 13.2 Å². The minimum atomic E-state index is -4.17. The molecular formula is C13H22F3NO3. The zero-order chi connectivity index (χ0) is 15.2. The number of alkyl halides is 3. The van der Waals surface area contributed by atoms with Crippen LogP contribution in [0.15, 0.2) is 0 Å². The molecule has 0 spiro atoms. The second kappa shape index (κ2) is 7.26. The molecular weight excluding hydrogens is 275 g/mol. The highest BCUT2D eigenvalue weighted by Crippen LogP contribution is 2.24. The monoisotopic (exact) mass is 297 g/mol. The topological polar surface area (TPSA) is 47.6 Å². The van der Waals surface area contributed by atoms with Gasteiger partial charge in [0.25, 0.3) is 0 Å². The predicted octanol–water partition coefficient (Wildman–Crippen LogP) is 2.42. The summed E-state index contributed by atoms with van der Waals surface area (Å²) < 4.78 is 46.2. The number of rotatable bonds is 9. The lowest BCUT2D eigenvalue weighted by molar-refractivity contribution is -0.154. The second-order valence-electron chi connectivity index (χ2n) is 5.24. The summed E-state index contributed by atoms with van der Waals surface area (Å²) in [5.41, 5.74) is -0.991. The van der Waals surface area contributed by atoms with Crippen LogP contribution in [0.4, 0.5) is 13.2 Å². The Kier molecular flexibility index (Phi) is 6.26. The molecule has 0 aromatic rings. The van der Waals surface area contributed by atoms with Gasteiger partial charge in [-0.05, 0) is 33.1 Å². The molecule has 0 bridgehead atoms. The Labute approximate surface area is 117 Å². The third-order valence-electron chi connectivity index (χ3n) is 2.97. The Morgan fingerprint density at radius 2 is 2.00 bits per heavy atom. The van der Waals surface area contributed by atoms with Gasteiger partial charge >= 0.3 is 12.1 Å². The molecule has 0 radical (unpaired) electrons. The van der Waals surface area contributed by atoms with Crippen LogP contribution in [-0.2, 0) is 14.3 Å². The highest BCUT2D eigenvalue weighted by molar-refractivity contribution is 5.80. The zero-order valence-electron chi connectivity index (χ0n) is 11.9. The Hall–Kier alpha value is -0.820. The summed E-state index contributed by atoms with van der Waals surface area (Å²) in [6.07, 6.45) is -3.17. The zero-order valence-corrected chi connectivity index (χ0v) is 11.9. The van der Waals surface area contributed by atoms with Crippen molar-refractivity contribution in [3.8, 4) is 0 Å². The van der Waals surface area contributed by atoms with Crippen molar-refractivity contribution in [3.05, 3.63) is 0 Å². The highest BCUT2D eigenvalue weighted by Gasteiger charge is 2.40. The maximum absolute atomic E-state index is 12.0. The first-order valence-corrected chi connectivity index (χ1v) is 6.86. The highest BCUT2D eigenvalue weighted by atomic mass is 19.4. The summed E-state index contributed by atoms with van der Waals surface area (Å²) in [6, 6.07) is 0.267. The van der Waals surface area contributed by atoms with E-state index in [9.17, 15) is 18.0 Å². The van der Waals surface area contributed by atoms with Crippen molar-refractivity contribution in [3.63, 3.8) is 0 Å². The minimum absolute atomic E-state index is 0.0141. The largest absolute Gasteiger partial charge is 0.465 e. The Balaban J connectivity index is 2.34. The molecule has 0 aromatic carbocycles. The molecule has 1 fully saturated rings. The normalized spacial score (nSPS) is 18.6. The molecule has 0 aliphatic heterocycles. The minimum Gasteiger partial charge on any atom is -0.465 e. The number of esters is 1. The number of halogens is 3. The number of hydrogen-bond acceptors (Lipinski definition) is 4. The third kappa shape index (κ3) is 6.56. The van der Waals surface area contributed by atoms with Gasteiger partial charge in [0.15, 0.2) is 0 Å². The maximum Gasteiger partial charge on any atom is 0.389 e. The molecule has 1 atom stereocenters. The van der Waals surface area contributed by atoms with E-state index in [0.717, 1.165) is 12.8 Å². The summed E-state index contributed by atoms with van der Waals surface area (Å²) in [7, 11) is 0. The van der Waals surface area contributed by atoms with Crippen LogP contribution in [0.5, 0.6) is 0 Å². The van der Waals surface area contributed by atoms with Gasteiger partial charge < -0.3 is 9.47 Å². The maximum atomic E-state index is 12.0. The average Bonchev–Trinajstić information content (AvgIpc) is 3.11. The molecule has 1 rings (SSSR count). The predicted molar refractivity (Wildman–Crippen MR) is 67.3 cm³/mol. The van der Waals surface area contributed by atoms with Crippen molar-refractivity contribution < 1.29 is 27.4 Å². The SMILES string of the molecule is CCOC(=O)C(C)(COCCCC(F)(F)F)NC1CC1. The Morgan fingerprint density at radius 3 is 2.50 bits per heavy atom. The lowest BCUT2D eigenvalue weighted by atomic mass is 10.0. The summed E-state index contributed by atoms with van der Waals surface area (Å²) >= 11 is 0. The molecule has 7 heteroatoms. The van der Waals surface area contributed by atoms with Crippen LogP contribution in [0.2, 0.25) is 0 Å². The number of carbonyl (C=O) groups excluding carboxylic acids is 1. The summed E-state index contributed by atoms with van der Waals surface area (Å²) in [6.45, 7) is 3.61. The van der Waals surface area contributed by atoms with E-state index in [4.69, 9.17) is 9.47 Å². The Bertz CT molecular complexity index is 318. The molecule has 0 heterocycles. The van der Waals surface area contributed by atoms with Crippen molar-refractivity contribution in [2.75, 3.05) is 19.8 Å². The van der Waals surface area contributed by atoms with Crippen LogP contribution >= 0.6 is 0 Å². The van der Waals surface area contributed by atoms with Crippen LogP contribution in [0.25, 0.3) is 0 Å². The van der Waals surface area contributed by atoms with Crippen molar-refractivity contribution >= 4 is 5.97 Å². The third-order valence-corrected chi connectivity index (χ3v) is 2.97. The van der Waals surface area contributed by atoms with E-state index in [2.05, 4.69) is 5.32 Å². The van der Waals surface area contributed by atoms with E-state index in [1.807, 2.05) is 0 Å². The lowest BCUT2D eigenvalue weighted by Crippen LogP contribution is -2.55. The van der Waals surface area contributed by atoms with Gasteiger partial charge in [0, 0.05) is 19.1 Å². The fourth-order valence-electron chi connectivity index (χ4n) is 1.78. The van der Waals surface area contributed by atoms with Crippen molar-refractivity contribution in [1.29, 1.82) is 0 Å². The van der Waals surface area contributed by atoms with Crippen molar-refractivity contribution in [1.82, 2.24) is 5.32 Å². The van der Waals surface area contributed by atoms with E-state index in [0.29, 0.717) is 0 Å². The van der Waals surface area contributed by atoms with Crippen LogP contribution < -0.4 is 5.32 Å². The first-order chi connectivity index (χ1) is 9.27. The van der Waals surface area contributed by atoms with E-state index in [-0.39, 0.29) is 32.3 Å². The fraction of sp³-hybridized carbons (Fsp3) is 0.923. The standard InChI is InChI=1S/C13H22F3NO3/c1-3-20-11(18)12(2,17-10-5-6-10)9-19-8-4-7-13(14,15)16/h10,17H,3-9H2,1-2H3. The van der Waals surface area contributed by atoms with Gasteiger partial charge in [0.1, 0.15) is 5.54 Å². The van der Waals surface area contributed by atoms with Crippen LogP contribution in [-0.4, -0.2) is 43.5 Å². The summed E-state index contributed by atoms with van der Waals surface area (Å²) in [4.78, 5) is 11.9. The smallest absolute Gasteiger partial charge is 0.389 e. The van der Waals surface area contributed by atoms with Gasteiger partial charge in [0.2, 0.25) is 0 Å². The number of hydrogen-bond donors (Lipinski definition) is 1. The van der Waals surface area contributed by atoms with Crippen LogP contribution in [0.1, 0.15) is 39.5 Å².